The number of carbonyl (C=O) groups is 2. The van der Waals surface area contributed by atoms with Crippen LogP contribution in [0.1, 0.15) is 26.6 Å². The third kappa shape index (κ3) is 5.84. The third-order valence-electron chi connectivity index (χ3n) is 2.03. The largest absolute Gasteiger partial charge is 0.481 e. The molecule has 8 nitrogen and oxygen atoms in total. The van der Waals surface area contributed by atoms with Crippen LogP contribution < -0.4 is 5.32 Å². The van der Waals surface area contributed by atoms with Crippen molar-refractivity contribution in [1.29, 1.82) is 0 Å². The van der Waals surface area contributed by atoms with Crippen LogP contribution in [-0.2, 0) is 22.5 Å². The van der Waals surface area contributed by atoms with Gasteiger partial charge in [-0.3, -0.25) is 4.79 Å². The van der Waals surface area contributed by atoms with Gasteiger partial charge in [-0.15, -0.1) is 10.2 Å². The van der Waals surface area contributed by atoms with Gasteiger partial charge in [0, 0.05) is 13.1 Å². The molecule has 0 aliphatic rings. The smallest absolute Gasteiger partial charge is 0.407 e. The number of nitrogens with zero attached hydrogens (tertiary/aromatic N) is 3. The van der Waals surface area contributed by atoms with E-state index in [1.807, 2.05) is 0 Å². The Kier molecular flexibility index (Phi) is 4.85. The Morgan fingerprint density at radius 3 is 2.74 bits per heavy atom. The molecule has 0 fully saturated rings. The summed E-state index contributed by atoms with van der Waals surface area (Å²) < 4.78 is 6.64. The van der Waals surface area contributed by atoms with E-state index >= 15 is 0 Å². The van der Waals surface area contributed by atoms with Crippen LogP contribution in [0.5, 0.6) is 0 Å². The second-order valence-electron chi connectivity index (χ2n) is 4.94. The Labute approximate surface area is 110 Å². The van der Waals surface area contributed by atoms with Crippen molar-refractivity contribution in [2.45, 2.75) is 39.3 Å². The first-order valence-electron chi connectivity index (χ1n) is 5.83. The number of rotatable bonds is 5. The van der Waals surface area contributed by atoms with Crippen LogP contribution in [0.15, 0.2) is 6.33 Å². The minimum atomic E-state index is -0.977. The maximum absolute atomic E-state index is 11.4. The Hall–Kier alpha value is -2.12. The van der Waals surface area contributed by atoms with Gasteiger partial charge < -0.3 is 19.7 Å². The molecule has 0 radical (unpaired) electrons. The molecule has 2 N–H and O–H groups in total. The molecule has 0 aliphatic heterocycles. The number of carbonyl (C=O) groups excluding carboxylic acids is 1. The Morgan fingerprint density at radius 1 is 1.47 bits per heavy atom. The molecule has 0 atom stereocenters. The molecule has 0 spiro atoms. The molecule has 1 aromatic heterocycles. The lowest BCUT2D eigenvalue weighted by Crippen LogP contribution is -2.34. The number of carboxylic acids is 1. The van der Waals surface area contributed by atoms with Gasteiger partial charge in [0.2, 0.25) is 0 Å². The van der Waals surface area contributed by atoms with Gasteiger partial charge in [-0.25, -0.2) is 4.79 Å². The maximum Gasteiger partial charge on any atom is 0.407 e. The van der Waals surface area contributed by atoms with E-state index in [4.69, 9.17) is 9.84 Å². The van der Waals surface area contributed by atoms with Gasteiger partial charge in [0.05, 0.1) is 0 Å². The zero-order valence-electron chi connectivity index (χ0n) is 11.2. The van der Waals surface area contributed by atoms with Crippen molar-refractivity contribution in [3.8, 4) is 0 Å². The van der Waals surface area contributed by atoms with E-state index in [1.54, 1.807) is 25.3 Å². The summed E-state index contributed by atoms with van der Waals surface area (Å²) in [4.78, 5) is 22.0. The standard InChI is InChI=1S/C11H18N4O4/c1-11(2,3)19-10(18)12-4-5-15-7-13-14-8(15)6-9(16)17/h7H,4-6H2,1-3H3,(H,12,18)(H,16,17). The minimum absolute atomic E-state index is 0.202. The van der Waals surface area contributed by atoms with Crippen molar-refractivity contribution in [3.05, 3.63) is 12.2 Å². The van der Waals surface area contributed by atoms with Gasteiger partial charge in [-0.2, -0.15) is 0 Å². The van der Waals surface area contributed by atoms with Crippen LogP contribution in [0.25, 0.3) is 0 Å². The Morgan fingerprint density at radius 2 is 2.16 bits per heavy atom. The summed E-state index contributed by atoms with van der Waals surface area (Å²) in [5.41, 5.74) is -0.547. The summed E-state index contributed by atoms with van der Waals surface area (Å²) in [7, 11) is 0. The van der Waals surface area contributed by atoms with E-state index in [1.165, 1.54) is 6.33 Å². The van der Waals surface area contributed by atoms with Crippen molar-refractivity contribution in [3.63, 3.8) is 0 Å². The zero-order chi connectivity index (χ0) is 14.5. The summed E-state index contributed by atoms with van der Waals surface area (Å²) in [5, 5.41) is 18.6. The average Bonchev–Trinajstić information content (AvgIpc) is 2.62. The molecule has 0 unspecified atom stereocenters. The molecule has 0 aliphatic carbocycles. The van der Waals surface area contributed by atoms with Crippen molar-refractivity contribution < 1.29 is 19.4 Å². The predicted molar refractivity (Wildman–Crippen MR) is 65.6 cm³/mol. The normalized spacial score (nSPS) is 11.1. The molecular weight excluding hydrogens is 252 g/mol. The average molecular weight is 270 g/mol. The second-order valence-corrected chi connectivity index (χ2v) is 4.94. The van der Waals surface area contributed by atoms with Crippen molar-refractivity contribution in [2.24, 2.45) is 0 Å². The van der Waals surface area contributed by atoms with Crippen molar-refractivity contribution in [1.82, 2.24) is 20.1 Å². The highest BCUT2D eigenvalue weighted by molar-refractivity contribution is 5.69. The highest BCUT2D eigenvalue weighted by Crippen LogP contribution is 2.06. The fourth-order valence-corrected chi connectivity index (χ4v) is 1.33. The lowest BCUT2D eigenvalue weighted by molar-refractivity contribution is -0.136. The summed E-state index contributed by atoms with van der Waals surface area (Å²) >= 11 is 0. The van der Waals surface area contributed by atoms with Crippen LogP contribution in [0.4, 0.5) is 4.79 Å². The van der Waals surface area contributed by atoms with Crippen LogP contribution in [0.3, 0.4) is 0 Å². The molecule has 1 amide bonds. The quantitative estimate of drug-likeness (QED) is 0.803. The number of amides is 1. The number of aliphatic carboxylic acids is 1. The van der Waals surface area contributed by atoms with E-state index in [0.29, 0.717) is 18.9 Å². The number of nitrogens with one attached hydrogen (secondary N) is 1. The molecule has 0 saturated carbocycles. The SMILES string of the molecule is CC(C)(C)OC(=O)NCCn1cnnc1CC(=O)O. The molecule has 106 valence electrons. The molecule has 1 rings (SSSR count). The predicted octanol–water partition coefficient (Wildman–Crippen LogP) is 0.430. The summed E-state index contributed by atoms with van der Waals surface area (Å²) in [5.74, 6) is -0.632. The van der Waals surface area contributed by atoms with Gasteiger partial charge in [0.25, 0.3) is 0 Å². The Balaban J connectivity index is 2.39. The van der Waals surface area contributed by atoms with Gasteiger partial charge in [-0.05, 0) is 20.8 Å². The van der Waals surface area contributed by atoms with Crippen molar-refractivity contribution >= 4 is 12.1 Å². The molecule has 19 heavy (non-hydrogen) atoms. The number of aromatic nitrogens is 3. The summed E-state index contributed by atoms with van der Waals surface area (Å²) in [6.45, 7) is 6.01. The molecule has 8 heteroatoms. The fourth-order valence-electron chi connectivity index (χ4n) is 1.33. The second kappa shape index (κ2) is 6.17. The number of alkyl carbamates (subject to hydrolysis) is 1. The first-order chi connectivity index (χ1) is 8.78. The lowest BCUT2D eigenvalue weighted by Gasteiger charge is -2.19. The van der Waals surface area contributed by atoms with Gasteiger partial charge >= 0.3 is 12.1 Å². The number of hydrogen-bond donors (Lipinski definition) is 2. The maximum atomic E-state index is 11.4. The van der Waals surface area contributed by atoms with E-state index in [-0.39, 0.29) is 6.42 Å². The zero-order valence-corrected chi connectivity index (χ0v) is 11.2. The monoisotopic (exact) mass is 270 g/mol. The first-order valence-corrected chi connectivity index (χ1v) is 5.83. The molecular formula is C11H18N4O4. The van der Waals surface area contributed by atoms with E-state index in [9.17, 15) is 9.59 Å². The van der Waals surface area contributed by atoms with Crippen LogP contribution in [0, 0.1) is 0 Å². The highest BCUT2D eigenvalue weighted by Gasteiger charge is 2.15. The van der Waals surface area contributed by atoms with E-state index in [2.05, 4.69) is 15.5 Å². The van der Waals surface area contributed by atoms with Crippen LogP contribution in [0.2, 0.25) is 0 Å². The third-order valence-corrected chi connectivity index (χ3v) is 2.03. The lowest BCUT2D eigenvalue weighted by atomic mass is 10.2. The van der Waals surface area contributed by atoms with E-state index < -0.39 is 17.7 Å². The molecule has 0 aromatic carbocycles. The van der Waals surface area contributed by atoms with Crippen LogP contribution >= 0.6 is 0 Å². The van der Waals surface area contributed by atoms with Gasteiger partial charge in [-0.1, -0.05) is 0 Å². The van der Waals surface area contributed by atoms with Crippen LogP contribution in [-0.4, -0.2) is 44.1 Å². The van der Waals surface area contributed by atoms with Gasteiger partial charge in [0.1, 0.15) is 24.2 Å². The minimum Gasteiger partial charge on any atom is -0.481 e. The van der Waals surface area contributed by atoms with Crippen molar-refractivity contribution in [2.75, 3.05) is 6.54 Å². The Bertz CT molecular complexity index is 450. The highest BCUT2D eigenvalue weighted by atomic mass is 16.6. The molecule has 1 aromatic rings. The first kappa shape index (κ1) is 14.9. The van der Waals surface area contributed by atoms with E-state index in [0.717, 1.165) is 0 Å². The number of carboxylic acid groups (broad SMARTS) is 1. The number of hydrogen-bond acceptors (Lipinski definition) is 5. The molecule has 1 heterocycles. The topological polar surface area (TPSA) is 106 Å². The summed E-state index contributed by atoms with van der Waals surface area (Å²) in [6, 6.07) is 0. The summed E-state index contributed by atoms with van der Waals surface area (Å²) in [6.07, 6.45) is 0.710. The fraction of sp³-hybridized carbons (Fsp3) is 0.636. The number of ether oxygens (including phenoxy) is 1. The molecule has 0 bridgehead atoms. The van der Waals surface area contributed by atoms with Gasteiger partial charge in [0.15, 0.2) is 0 Å². The molecule has 0 saturated heterocycles.